The molecule has 2 aromatic rings. The topological polar surface area (TPSA) is 41.6 Å². The Morgan fingerprint density at radius 3 is 2.52 bits per heavy atom. The summed E-state index contributed by atoms with van der Waals surface area (Å²) < 4.78 is 5.51. The third-order valence-electron chi connectivity index (χ3n) is 4.68. The minimum atomic E-state index is -0.153. The number of nitrogens with zero attached hydrogens (tertiary/aromatic N) is 1. The maximum Gasteiger partial charge on any atom is 0.262 e. The first kappa shape index (κ1) is 17.3. The minimum Gasteiger partial charge on any atom is -0.484 e. The summed E-state index contributed by atoms with van der Waals surface area (Å²) >= 11 is 0. The van der Waals surface area contributed by atoms with E-state index in [1.807, 2.05) is 43.3 Å². The van der Waals surface area contributed by atoms with Crippen LogP contribution in [0.4, 0.5) is 11.4 Å². The average molecular weight is 338 g/mol. The van der Waals surface area contributed by atoms with E-state index >= 15 is 0 Å². The lowest BCUT2D eigenvalue weighted by atomic mass is 10.0. The zero-order valence-corrected chi connectivity index (χ0v) is 15.0. The lowest BCUT2D eigenvalue weighted by molar-refractivity contribution is -0.118. The van der Waals surface area contributed by atoms with Crippen LogP contribution in [0.5, 0.6) is 5.75 Å². The highest BCUT2D eigenvalue weighted by Crippen LogP contribution is 2.25. The highest BCUT2D eigenvalue weighted by atomic mass is 16.5. The van der Waals surface area contributed by atoms with Crippen molar-refractivity contribution in [3.8, 4) is 5.75 Å². The molecule has 3 rings (SSSR count). The normalized spacial score (nSPS) is 17.2. The molecule has 25 heavy (non-hydrogen) atoms. The number of nitrogens with one attached hydrogen (secondary N) is 1. The van der Waals surface area contributed by atoms with E-state index in [1.165, 1.54) is 30.5 Å². The Morgan fingerprint density at radius 1 is 1.12 bits per heavy atom. The van der Waals surface area contributed by atoms with E-state index in [0.717, 1.165) is 12.2 Å². The molecule has 1 saturated heterocycles. The third kappa shape index (κ3) is 4.75. The summed E-state index contributed by atoms with van der Waals surface area (Å²) in [5.74, 6) is 0.551. The predicted molar refractivity (Wildman–Crippen MR) is 102 cm³/mol. The van der Waals surface area contributed by atoms with Gasteiger partial charge in [-0.3, -0.25) is 4.79 Å². The van der Waals surface area contributed by atoms with E-state index in [-0.39, 0.29) is 12.5 Å². The second-order valence-electron chi connectivity index (χ2n) is 6.73. The van der Waals surface area contributed by atoms with Crippen LogP contribution in [0.25, 0.3) is 0 Å². The highest BCUT2D eigenvalue weighted by molar-refractivity contribution is 5.92. The van der Waals surface area contributed by atoms with Crippen molar-refractivity contribution in [1.29, 1.82) is 0 Å². The first-order valence-electron chi connectivity index (χ1n) is 8.98. The van der Waals surface area contributed by atoms with Gasteiger partial charge in [0.15, 0.2) is 6.61 Å². The summed E-state index contributed by atoms with van der Waals surface area (Å²) in [5.41, 5.74) is 3.19. The molecule has 0 bridgehead atoms. The molecule has 1 amide bonds. The van der Waals surface area contributed by atoms with Crippen LogP contribution in [0.1, 0.15) is 31.7 Å². The van der Waals surface area contributed by atoms with Gasteiger partial charge in [0.05, 0.1) is 0 Å². The van der Waals surface area contributed by atoms with Crippen LogP contribution in [0.2, 0.25) is 0 Å². The quantitative estimate of drug-likeness (QED) is 0.879. The van der Waals surface area contributed by atoms with Crippen LogP contribution in [0.3, 0.4) is 0 Å². The van der Waals surface area contributed by atoms with Crippen LogP contribution < -0.4 is 15.0 Å². The average Bonchev–Trinajstić information content (AvgIpc) is 2.62. The molecular weight excluding hydrogens is 312 g/mol. The molecule has 1 N–H and O–H groups in total. The number of hydrogen-bond donors (Lipinski definition) is 1. The van der Waals surface area contributed by atoms with Crippen molar-refractivity contribution in [3.63, 3.8) is 0 Å². The lowest BCUT2D eigenvalue weighted by Crippen LogP contribution is -2.37. The van der Waals surface area contributed by atoms with Crippen molar-refractivity contribution in [2.24, 2.45) is 0 Å². The number of carbonyl (C=O) groups excluding carboxylic acids is 1. The standard InChI is InChI=1S/C21H26N2O2/c1-16-6-12-20(13-7-16)25-15-21(24)22-18-8-10-19(11-9-18)23-14-4-3-5-17(23)2/h6-13,17H,3-5,14-15H2,1-2H3,(H,22,24)/t17-/m0/s1. The predicted octanol–water partition coefficient (Wildman–Crippen LogP) is 4.39. The van der Waals surface area contributed by atoms with E-state index < -0.39 is 0 Å². The zero-order chi connectivity index (χ0) is 17.6. The Labute approximate surface area is 149 Å². The minimum absolute atomic E-state index is 0.00791. The molecule has 0 spiro atoms. The number of hydrogen-bond acceptors (Lipinski definition) is 3. The number of rotatable bonds is 5. The molecule has 4 heteroatoms. The molecule has 0 radical (unpaired) electrons. The molecule has 1 atom stereocenters. The largest absolute Gasteiger partial charge is 0.484 e. The van der Waals surface area contributed by atoms with E-state index in [0.29, 0.717) is 11.8 Å². The summed E-state index contributed by atoms with van der Waals surface area (Å²) in [6.07, 6.45) is 3.81. The van der Waals surface area contributed by atoms with Gasteiger partial charge in [0.1, 0.15) is 5.75 Å². The van der Waals surface area contributed by atoms with Crippen LogP contribution in [-0.2, 0) is 4.79 Å². The second kappa shape index (κ2) is 8.06. The molecule has 0 aliphatic carbocycles. The molecule has 4 nitrogen and oxygen atoms in total. The highest BCUT2D eigenvalue weighted by Gasteiger charge is 2.18. The fourth-order valence-corrected chi connectivity index (χ4v) is 3.20. The van der Waals surface area contributed by atoms with Gasteiger partial charge in [0, 0.05) is 24.0 Å². The number of benzene rings is 2. The first-order valence-corrected chi connectivity index (χ1v) is 8.98. The Hall–Kier alpha value is -2.49. The van der Waals surface area contributed by atoms with Crippen molar-refractivity contribution in [2.75, 3.05) is 23.4 Å². The van der Waals surface area contributed by atoms with Crippen LogP contribution >= 0.6 is 0 Å². The fraction of sp³-hybridized carbons (Fsp3) is 0.381. The smallest absolute Gasteiger partial charge is 0.262 e. The maximum absolute atomic E-state index is 12.0. The van der Waals surface area contributed by atoms with Gasteiger partial charge in [-0.05, 0) is 69.5 Å². The van der Waals surface area contributed by atoms with Gasteiger partial charge in [0.2, 0.25) is 0 Å². The summed E-state index contributed by atoms with van der Waals surface area (Å²) in [7, 11) is 0. The lowest BCUT2D eigenvalue weighted by Gasteiger charge is -2.35. The summed E-state index contributed by atoms with van der Waals surface area (Å²) in [4.78, 5) is 14.5. The summed E-state index contributed by atoms with van der Waals surface area (Å²) in [6, 6.07) is 16.3. The van der Waals surface area contributed by atoms with Gasteiger partial charge in [-0.1, -0.05) is 17.7 Å². The molecule has 132 valence electrons. The molecule has 1 heterocycles. The van der Waals surface area contributed by atoms with Crippen molar-refractivity contribution in [2.45, 2.75) is 39.2 Å². The van der Waals surface area contributed by atoms with Gasteiger partial charge in [0.25, 0.3) is 5.91 Å². The molecule has 2 aromatic carbocycles. The van der Waals surface area contributed by atoms with Crippen molar-refractivity contribution in [1.82, 2.24) is 0 Å². The van der Waals surface area contributed by atoms with E-state index in [9.17, 15) is 4.79 Å². The number of aryl methyl sites for hydroxylation is 1. The van der Waals surface area contributed by atoms with Gasteiger partial charge in [-0.15, -0.1) is 0 Å². The van der Waals surface area contributed by atoms with Crippen LogP contribution in [-0.4, -0.2) is 25.1 Å². The van der Waals surface area contributed by atoms with Gasteiger partial charge < -0.3 is 15.0 Å². The van der Waals surface area contributed by atoms with Crippen molar-refractivity contribution in [3.05, 3.63) is 54.1 Å². The van der Waals surface area contributed by atoms with Crippen molar-refractivity contribution < 1.29 is 9.53 Å². The van der Waals surface area contributed by atoms with Crippen LogP contribution in [0.15, 0.2) is 48.5 Å². The maximum atomic E-state index is 12.0. The summed E-state index contributed by atoms with van der Waals surface area (Å²) in [6.45, 7) is 5.41. The summed E-state index contributed by atoms with van der Waals surface area (Å²) in [5, 5.41) is 2.88. The Kier molecular flexibility index (Phi) is 5.59. The molecule has 0 aromatic heterocycles. The molecule has 0 unspecified atom stereocenters. The van der Waals surface area contributed by atoms with Gasteiger partial charge in [-0.2, -0.15) is 0 Å². The van der Waals surface area contributed by atoms with Crippen LogP contribution in [0, 0.1) is 6.92 Å². The first-order chi connectivity index (χ1) is 12.1. The monoisotopic (exact) mass is 338 g/mol. The Balaban J connectivity index is 1.52. The SMILES string of the molecule is Cc1ccc(OCC(=O)Nc2ccc(N3CCCC[C@@H]3C)cc2)cc1. The number of carbonyl (C=O) groups is 1. The number of anilines is 2. The molecule has 1 fully saturated rings. The van der Waals surface area contributed by atoms with E-state index in [4.69, 9.17) is 4.74 Å². The van der Waals surface area contributed by atoms with Gasteiger partial charge >= 0.3 is 0 Å². The number of piperidine rings is 1. The second-order valence-corrected chi connectivity index (χ2v) is 6.73. The molecular formula is C21H26N2O2. The van der Waals surface area contributed by atoms with Crippen molar-refractivity contribution >= 4 is 17.3 Å². The Bertz CT molecular complexity index is 695. The Morgan fingerprint density at radius 2 is 1.84 bits per heavy atom. The third-order valence-corrected chi connectivity index (χ3v) is 4.68. The number of amides is 1. The molecule has 1 aliphatic heterocycles. The molecule has 1 aliphatic rings. The number of ether oxygens (including phenoxy) is 1. The fourth-order valence-electron chi connectivity index (χ4n) is 3.20. The molecule has 0 saturated carbocycles. The van der Waals surface area contributed by atoms with Gasteiger partial charge in [-0.25, -0.2) is 0 Å². The van der Waals surface area contributed by atoms with E-state index in [2.05, 4.69) is 29.3 Å². The van der Waals surface area contributed by atoms with E-state index in [1.54, 1.807) is 0 Å². The zero-order valence-electron chi connectivity index (χ0n) is 15.0.